The van der Waals surface area contributed by atoms with E-state index in [0.29, 0.717) is 6.10 Å². The lowest BCUT2D eigenvalue weighted by Crippen LogP contribution is -2.33. The molecule has 1 aromatic rings. The number of benzene rings is 1. The van der Waals surface area contributed by atoms with Gasteiger partial charge in [0.1, 0.15) is 0 Å². The molecule has 0 bridgehead atoms. The summed E-state index contributed by atoms with van der Waals surface area (Å²) in [7, 11) is 0. The van der Waals surface area contributed by atoms with Crippen LogP contribution in [0, 0.1) is 0 Å². The summed E-state index contributed by atoms with van der Waals surface area (Å²) in [5.74, 6) is 0.105. The van der Waals surface area contributed by atoms with Crippen molar-refractivity contribution < 1.29 is 9.53 Å². The summed E-state index contributed by atoms with van der Waals surface area (Å²) in [5.41, 5.74) is 1.78. The highest BCUT2D eigenvalue weighted by atomic mass is 79.9. The molecule has 0 aliphatic carbocycles. The van der Waals surface area contributed by atoms with E-state index in [1.54, 1.807) is 6.92 Å². The smallest absolute Gasteiger partial charge is 0.161 e. The van der Waals surface area contributed by atoms with Gasteiger partial charge in [-0.15, -0.1) is 0 Å². The Labute approximate surface area is 123 Å². The van der Waals surface area contributed by atoms with E-state index in [9.17, 15) is 4.79 Å². The quantitative estimate of drug-likeness (QED) is 0.774. The maximum Gasteiger partial charge on any atom is 0.161 e. The van der Waals surface area contributed by atoms with E-state index >= 15 is 0 Å². The van der Waals surface area contributed by atoms with Crippen molar-refractivity contribution in [1.82, 2.24) is 0 Å². The molecule has 1 aliphatic rings. The van der Waals surface area contributed by atoms with Gasteiger partial charge >= 0.3 is 0 Å². The zero-order valence-corrected chi connectivity index (χ0v) is 13.1. The molecular formula is C15H20BrNO2. The van der Waals surface area contributed by atoms with Crippen LogP contribution in [0.2, 0.25) is 0 Å². The van der Waals surface area contributed by atoms with E-state index in [4.69, 9.17) is 4.74 Å². The molecule has 4 heteroatoms. The highest BCUT2D eigenvalue weighted by molar-refractivity contribution is 9.10. The summed E-state index contributed by atoms with van der Waals surface area (Å²) >= 11 is 3.49. The monoisotopic (exact) mass is 325 g/mol. The topological polar surface area (TPSA) is 29.5 Å². The van der Waals surface area contributed by atoms with Gasteiger partial charge in [0, 0.05) is 35.4 Å². The van der Waals surface area contributed by atoms with Crippen LogP contribution in [0.1, 0.15) is 37.0 Å². The first kappa shape index (κ1) is 14.5. The third-order valence-electron chi connectivity index (χ3n) is 3.51. The summed E-state index contributed by atoms with van der Waals surface area (Å²) in [6.45, 7) is 6.32. The van der Waals surface area contributed by atoms with Crippen LogP contribution in [0.15, 0.2) is 22.7 Å². The minimum absolute atomic E-state index is 0.105. The molecule has 1 atom stereocenters. The number of hydrogen-bond acceptors (Lipinski definition) is 3. The molecule has 1 heterocycles. The van der Waals surface area contributed by atoms with Crippen molar-refractivity contribution in [3.8, 4) is 0 Å². The summed E-state index contributed by atoms with van der Waals surface area (Å²) in [6, 6.07) is 5.83. The Morgan fingerprint density at radius 3 is 2.89 bits per heavy atom. The van der Waals surface area contributed by atoms with E-state index in [1.165, 1.54) is 0 Å². The maximum absolute atomic E-state index is 11.8. The second-order valence-corrected chi connectivity index (χ2v) is 5.81. The summed E-state index contributed by atoms with van der Waals surface area (Å²) in [5, 5.41) is 0. The fraction of sp³-hybridized carbons (Fsp3) is 0.533. The summed E-state index contributed by atoms with van der Waals surface area (Å²) < 4.78 is 6.70. The van der Waals surface area contributed by atoms with Gasteiger partial charge in [0.05, 0.1) is 6.10 Å². The zero-order valence-electron chi connectivity index (χ0n) is 11.5. The van der Waals surface area contributed by atoms with Crippen LogP contribution < -0.4 is 4.90 Å². The first-order valence-electron chi connectivity index (χ1n) is 6.79. The molecule has 19 heavy (non-hydrogen) atoms. The van der Waals surface area contributed by atoms with Crippen LogP contribution in [0.25, 0.3) is 0 Å². The van der Waals surface area contributed by atoms with Gasteiger partial charge in [0.2, 0.25) is 0 Å². The van der Waals surface area contributed by atoms with Crippen LogP contribution in [0.3, 0.4) is 0 Å². The number of likely N-dealkylation sites (N-methyl/N-ethyl adjacent to an activating group) is 1. The zero-order chi connectivity index (χ0) is 13.8. The van der Waals surface area contributed by atoms with E-state index in [0.717, 1.165) is 48.3 Å². The standard InChI is InChI=1S/C15H20BrNO2/c1-3-17(10-13-5-4-8-19-13)15-9-12(16)6-7-14(15)11(2)18/h6-7,9,13H,3-5,8,10H2,1-2H3. The SMILES string of the molecule is CCN(CC1CCCO1)c1cc(Br)ccc1C(C)=O. The minimum atomic E-state index is 0.105. The van der Waals surface area contributed by atoms with Gasteiger partial charge in [-0.1, -0.05) is 15.9 Å². The Morgan fingerprint density at radius 1 is 1.53 bits per heavy atom. The Morgan fingerprint density at radius 2 is 2.32 bits per heavy atom. The molecular weight excluding hydrogens is 306 g/mol. The number of rotatable bonds is 5. The van der Waals surface area contributed by atoms with Crippen molar-refractivity contribution in [2.45, 2.75) is 32.8 Å². The van der Waals surface area contributed by atoms with Crippen molar-refractivity contribution in [2.24, 2.45) is 0 Å². The number of hydrogen-bond donors (Lipinski definition) is 0. The van der Waals surface area contributed by atoms with Gasteiger partial charge in [0.15, 0.2) is 5.78 Å². The van der Waals surface area contributed by atoms with Crippen molar-refractivity contribution in [3.05, 3.63) is 28.2 Å². The van der Waals surface area contributed by atoms with Crippen LogP contribution in [0.5, 0.6) is 0 Å². The van der Waals surface area contributed by atoms with Gasteiger partial charge in [0.25, 0.3) is 0 Å². The lowest BCUT2D eigenvalue weighted by Gasteiger charge is -2.28. The van der Waals surface area contributed by atoms with Crippen LogP contribution in [0.4, 0.5) is 5.69 Å². The van der Waals surface area contributed by atoms with Crippen LogP contribution >= 0.6 is 15.9 Å². The molecule has 1 aromatic carbocycles. The predicted molar refractivity (Wildman–Crippen MR) is 81.0 cm³/mol. The second kappa shape index (κ2) is 6.53. The minimum Gasteiger partial charge on any atom is -0.376 e. The van der Waals surface area contributed by atoms with Gasteiger partial charge in [-0.25, -0.2) is 0 Å². The number of ketones is 1. The molecule has 0 aromatic heterocycles. The normalized spacial score (nSPS) is 18.6. The Kier molecular flexibility index (Phi) is 4.99. The molecule has 3 nitrogen and oxygen atoms in total. The molecule has 1 unspecified atom stereocenters. The van der Waals surface area contributed by atoms with E-state index < -0.39 is 0 Å². The third kappa shape index (κ3) is 3.57. The molecule has 0 N–H and O–H groups in total. The first-order chi connectivity index (χ1) is 9.11. The predicted octanol–water partition coefficient (Wildman–Crippen LogP) is 3.66. The number of ether oxygens (including phenoxy) is 1. The van der Waals surface area contributed by atoms with Crippen molar-refractivity contribution in [1.29, 1.82) is 0 Å². The fourth-order valence-corrected chi connectivity index (χ4v) is 2.85. The highest BCUT2D eigenvalue weighted by Crippen LogP contribution is 2.27. The molecule has 104 valence electrons. The van der Waals surface area contributed by atoms with Gasteiger partial charge in [-0.2, -0.15) is 0 Å². The third-order valence-corrected chi connectivity index (χ3v) is 4.00. The lowest BCUT2D eigenvalue weighted by molar-refractivity contribution is 0.101. The molecule has 0 saturated carbocycles. The summed E-state index contributed by atoms with van der Waals surface area (Å²) in [6.07, 6.45) is 2.54. The van der Waals surface area contributed by atoms with Crippen LogP contribution in [-0.4, -0.2) is 31.6 Å². The molecule has 0 amide bonds. The van der Waals surface area contributed by atoms with E-state index in [1.807, 2.05) is 18.2 Å². The number of carbonyl (C=O) groups excluding carboxylic acids is 1. The maximum atomic E-state index is 11.8. The molecule has 1 saturated heterocycles. The second-order valence-electron chi connectivity index (χ2n) is 4.89. The average molecular weight is 326 g/mol. The number of Topliss-reactive ketones (excluding diaryl/α,β-unsaturated/α-hetero) is 1. The molecule has 2 rings (SSSR count). The van der Waals surface area contributed by atoms with Crippen molar-refractivity contribution >= 4 is 27.4 Å². The number of halogens is 1. The highest BCUT2D eigenvalue weighted by Gasteiger charge is 2.21. The Balaban J connectivity index is 2.25. The summed E-state index contributed by atoms with van der Waals surface area (Å²) in [4.78, 5) is 14.0. The number of anilines is 1. The Hall–Kier alpha value is -0.870. The van der Waals surface area contributed by atoms with E-state index in [2.05, 4.69) is 27.8 Å². The van der Waals surface area contributed by atoms with E-state index in [-0.39, 0.29) is 5.78 Å². The molecule has 1 aliphatic heterocycles. The lowest BCUT2D eigenvalue weighted by atomic mass is 10.1. The van der Waals surface area contributed by atoms with Gasteiger partial charge in [-0.3, -0.25) is 4.79 Å². The Bertz CT molecular complexity index is 455. The molecule has 1 fully saturated rings. The molecule has 0 radical (unpaired) electrons. The van der Waals surface area contributed by atoms with Crippen molar-refractivity contribution in [3.63, 3.8) is 0 Å². The largest absolute Gasteiger partial charge is 0.376 e. The number of nitrogens with zero attached hydrogens (tertiary/aromatic N) is 1. The fourth-order valence-electron chi connectivity index (χ4n) is 2.50. The van der Waals surface area contributed by atoms with Gasteiger partial charge in [-0.05, 0) is 44.9 Å². The number of carbonyl (C=O) groups is 1. The average Bonchev–Trinajstić information content (AvgIpc) is 2.88. The van der Waals surface area contributed by atoms with Crippen LogP contribution in [-0.2, 0) is 4.74 Å². The van der Waals surface area contributed by atoms with Gasteiger partial charge < -0.3 is 9.64 Å². The van der Waals surface area contributed by atoms with Crippen molar-refractivity contribution in [2.75, 3.05) is 24.6 Å². The molecule has 0 spiro atoms. The first-order valence-corrected chi connectivity index (χ1v) is 7.58.